The number of nitrogens with one attached hydrogen (secondary N) is 1. The number of rotatable bonds is 8. The zero-order valence-corrected chi connectivity index (χ0v) is 20.5. The normalized spacial score (nSPS) is 16.0. The number of hydrogen-bond donors (Lipinski definition) is 1. The molecule has 2 aromatic carbocycles. The molecule has 0 radical (unpaired) electrons. The summed E-state index contributed by atoms with van der Waals surface area (Å²) in [6.45, 7) is 9.23. The predicted octanol–water partition coefficient (Wildman–Crippen LogP) is 3.69. The van der Waals surface area contributed by atoms with Crippen molar-refractivity contribution in [2.75, 3.05) is 45.5 Å². The first-order chi connectivity index (χ1) is 16.0. The number of benzene rings is 2. The molecule has 3 aromatic rings. The van der Waals surface area contributed by atoms with Crippen molar-refractivity contribution >= 4 is 17.7 Å². The van der Waals surface area contributed by atoms with Gasteiger partial charge in [-0.3, -0.25) is 14.3 Å². The Hall–Kier alpha value is -2.61. The van der Waals surface area contributed by atoms with Crippen LogP contribution < -0.4 is 5.32 Å². The van der Waals surface area contributed by atoms with E-state index >= 15 is 0 Å². The lowest BCUT2D eigenvalue weighted by Gasteiger charge is -2.35. The highest BCUT2D eigenvalue weighted by Gasteiger charge is 2.21. The van der Waals surface area contributed by atoms with E-state index in [9.17, 15) is 4.79 Å². The molecule has 1 aliphatic rings. The number of carbonyl (C=O) groups excluding carboxylic acids is 1. The Morgan fingerprint density at radius 3 is 2.58 bits per heavy atom. The third-order valence-corrected chi connectivity index (χ3v) is 7.32. The maximum Gasteiger partial charge on any atom is 0.231 e. The topological polar surface area (TPSA) is 53.4 Å². The molecule has 0 aliphatic carbocycles. The van der Waals surface area contributed by atoms with Crippen LogP contribution in [-0.2, 0) is 4.79 Å². The highest BCUT2D eigenvalue weighted by atomic mass is 32.2. The Bertz CT molecular complexity index is 1060. The number of aromatic nitrogens is 2. The van der Waals surface area contributed by atoms with Crippen molar-refractivity contribution in [3.8, 4) is 5.69 Å². The Morgan fingerprint density at radius 2 is 1.82 bits per heavy atom. The van der Waals surface area contributed by atoms with Crippen molar-refractivity contribution in [2.45, 2.75) is 25.0 Å². The summed E-state index contributed by atoms with van der Waals surface area (Å²) in [5.74, 6) is 0.354. The van der Waals surface area contributed by atoms with Gasteiger partial charge in [-0.15, -0.1) is 0 Å². The van der Waals surface area contributed by atoms with E-state index in [1.165, 1.54) is 22.9 Å². The van der Waals surface area contributed by atoms with Crippen LogP contribution in [0, 0.1) is 13.8 Å². The van der Waals surface area contributed by atoms with Crippen molar-refractivity contribution in [3.63, 3.8) is 0 Å². The lowest BCUT2D eigenvalue weighted by atomic mass is 10.1. The number of amides is 1. The fraction of sp³-hybridized carbons (Fsp3) is 0.385. The molecule has 0 bridgehead atoms. The zero-order chi connectivity index (χ0) is 23.2. The molecule has 7 heteroatoms. The molecule has 0 saturated carbocycles. The average Bonchev–Trinajstić information content (AvgIpc) is 3.29. The molecule has 1 aliphatic heterocycles. The minimum atomic E-state index is -0.0264. The van der Waals surface area contributed by atoms with E-state index in [4.69, 9.17) is 0 Å². The van der Waals surface area contributed by atoms with Gasteiger partial charge in [0.25, 0.3) is 0 Å². The molecule has 33 heavy (non-hydrogen) atoms. The number of hydrogen-bond acceptors (Lipinski definition) is 5. The van der Waals surface area contributed by atoms with Crippen LogP contribution >= 0.6 is 11.8 Å². The van der Waals surface area contributed by atoms with Gasteiger partial charge >= 0.3 is 0 Å². The molecular weight excluding hydrogens is 430 g/mol. The van der Waals surface area contributed by atoms with Gasteiger partial charge in [-0.2, -0.15) is 0 Å². The molecule has 174 valence electrons. The molecular formula is C26H33N5OS. The number of imidazole rings is 1. The Labute approximate surface area is 201 Å². The lowest BCUT2D eigenvalue weighted by molar-refractivity contribution is -0.119. The molecule has 2 heterocycles. The first kappa shape index (κ1) is 23.5. The maximum atomic E-state index is 13.0. The fourth-order valence-electron chi connectivity index (χ4n) is 4.15. The minimum Gasteiger partial charge on any atom is -0.347 e. The summed E-state index contributed by atoms with van der Waals surface area (Å²) in [5, 5.41) is 4.11. The standard InChI is InChI=1S/C26H33N5OS/c1-20-8-7-11-24(21(20)2)31-13-12-27-26(31)33-19-25(32)28-23(22-9-5-4-6-10-22)18-30-16-14-29(3)15-17-30/h4-13,23H,14-19H2,1-3H3,(H,28,32). The molecule has 1 saturated heterocycles. The largest absolute Gasteiger partial charge is 0.347 e. The number of nitrogens with zero attached hydrogens (tertiary/aromatic N) is 4. The number of carbonyl (C=O) groups is 1. The van der Waals surface area contributed by atoms with Crippen LogP contribution in [0.5, 0.6) is 0 Å². The van der Waals surface area contributed by atoms with Gasteiger partial charge < -0.3 is 10.2 Å². The molecule has 1 unspecified atom stereocenters. The monoisotopic (exact) mass is 463 g/mol. The van der Waals surface area contributed by atoms with Crippen LogP contribution in [0.25, 0.3) is 5.69 Å². The smallest absolute Gasteiger partial charge is 0.231 e. The molecule has 1 aromatic heterocycles. The highest BCUT2D eigenvalue weighted by molar-refractivity contribution is 7.99. The third-order valence-electron chi connectivity index (χ3n) is 6.35. The fourth-order valence-corrected chi connectivity index (χ4v) is 4.93. The summed E-state index contributed by atoms with van der Waals surface area (Å²) in [6, 6.07) is 16.5. The summed E-state index contributed by atoms with van der Waals surface area (Å²) in [4.78, 5) is 22.3. The van der Waals surface area contributed by atoms with E-state index < -0.39 is 0 Å². The molecule has 1 fully saturated rings. The Kier molecular flexibility index (Phi) is 7.85. The van der Waals surface area contributed by atoms with Gasteiger partial charge in [-0.05, 0) is 43.7 Å². The molecule has 0 spiro atoms. The summed E-state index contributed by atoms with van der Waals surface area (Å²) in [6.07, 6.45) is 3.75. The maximum absolute atomic E-state index is 13.0. The van der Waals surface area contributed by atoms with Crippen molar-refractivity contribution < 1.29 is 4.79 Å². The first-order valence-corrected chi connectivity index (χ1v) is 12.5. The lowest BCUT2D eigenvalue weighted by Crippen LogP contribution is -2.48. The average molecular weight is 464 g/mol. The quantitative estimate of drug-likeness (QED) is 0.517. The number of piperazine rings is 1. The summed E-state index contributed by atoms with van der Waals surface area (Å²) >= 11 is 1.47. The molecule has 1 atom stereocenters. The molecule has 1 N–H and O–H groups in total. The molecule has 1 amide bonds. The van der Waals surface area contributed by atoms with Crippen molar-refractivity contribution in [3.05, 3.63) is 77.6 Å². The number of aryl methyl sites for hydroxylation is 1. The van der Waals surface area contributed by atoms with Gasteiger partial charge in [-0.1, -0.05) is 54.2 Å². The van der Waals surface area contributed by atoms with Crippen LogP contribution in [0.4, 0.5) is 0 Å². The molecule has 4 rings (SSSR count). The van der Waals surface area contributed by atoms with Crippen molar-refractivity contribution in [2.24, 2.45) is 0 Å². The zero-order valence-electron chi connectivity index (χ0n) is 19.7. The van der Waals surface area contributed by atoms with E-state index in [1.807, 2.05) is 24.4 Å². The second kappa shape index (κ2) is 11.0. The van der Waals surface area contributed by atoms with Gasteiger partial charge in [0.05, 0.1) is 17.5 Å². The summed E-state index contributed by atoms with van der Waals surface area (Å²) in [7, 11) is 2.16. The Balaban J connectivity index is 1.41. The third kappa shape index (κ3) is 6.05. The van der Waals surface area contributed by atoms with Crippen LogP contribution in [0.1, 0.15) is 22.7 Å². The second-order valence-electron chi connectivity index (χ2n) is 8.72. The van der Waals surface area contributed by atoms with Crippen LogP contribution in [0.15, 0.2) is 66.1 Å². The van der Waals surface area contributed by atoms with E-state index in [0.29, 0.717) is 5.75 Å². The second-order valence-corrected chi connectivity index (χ2v) is 9.66. The van der Waals surface area contributed by atoms with E-state index in [0.717, 1.165) is 49.1 Å². The minimum absolute atomic E-state index is 0.0264. The van der Waals surface area contributed by atoms with Gasteiger partial charge in [0, 0.05) is 45.1 Å². The first-order valence-electron chi connectivity index (χ1n) is 11.5. The molecule has 6 nitrogen and oxygen atoms in total. The predicted molar refractivity (Wildman–Crippen MR) is 135 cm³/mol. The van der Waals surface area contributed by atoms with Crippen LogP contribution in [0.2, 0.25) is 0 Å². The number of likely N-dealkylation sites (N-methyl/N-ethyl adjacent to an activating group) is 1. The van der Waals surface area contributed by atoms with Gasteiger partial charge in [0.1, 0.15) is 0 Å². The number of thioether (sulfide) groups is 1. The van der Waals surface area contributed by atoms with Gasteiger partial charge in [0.2, 0.25) is 5.91 Å². The van der Waals surface area contributed by atoms with E-state index in [2.05, 4.69) is 75.9 Å². The summed E-state index contributed by atoms with van der Waals surface area (Å²) in [5.41, 5.74) is 4.71. The van der Waals surface area contributed by atoms with Gasteiger partial charge in [0.15, 0.2) is 5.16 Å². The van der Waals surface area contributed by atoms with E-state index in [1.54, 1.807) is 6.20 Å². The highest BCUT2D eigenvalue weighted by Crippen LogP contribution is 2.24. The van der Waals surface area contributed by atoms with E-state index in [-0.39, 0.29) is 11.9 Å². The van der Waals surface area contributed by atoms with Crippen molar-refractivity contribution in [1.29, 1.82) is 0 Å². The SMILES string of the molecule is Cc1cccc(-n2ccnc2SCC(=O)NC(CN2CCN(C)CC2)c2ccccc2)c1C. The Morgan fingerprint density at radius 1 is 1.06 bits per heavy atom. The summed E-state index contributed by atoms with van der Waals surface area (Å²) < 4.78 is 2.07. The van der Waals surface area contributed by atoms with Crippen LogP contribution in [0.3, 0.4) is 0 Å². The van der Waals surface area contributed by atoms with Crippen molar-refractivity contribution in [1.82, 2.24) is 24.7 Å². The van der Waals surface area contributed by atoms with Gasteiger partial charge in [-0.25, -0.2) is 4.98 Å². The van der Waals surface area contributed by atoms with Crippen LogP contribution in [-0.4, -0.2) is 70.8 Å².